The molecular formula is C18H13N3O2S. The zero-order valence-electron chi connectivity index (χ0n) is 12.5. The van der Waals surface area contributed by atoms with Gasteiger partial charge in [-0.2, -0.15) is 0 Å². The molecule has 0 saturated heterocycles. The first kappa shape index (κ1) is 14.6. The van der Waals surface area contributed by atoms with Crippen LogP contribution >= 0.6 is 0 Å². The first-order valence-electron chi connectivity index (χ1n) is 7.34. The van der Waals surface area contributed by atoms with E-state index in [9.17, 15) is 8.42 Å². The first-order chi connectivity index (χ1) is 11.6. The van der Waals surface area contributed by atoms with Crippen molar-refractivity contribution >= 4 is 37.4 Å². The van der Waals surface area contributed by atoms with E-state index in [1.807, 2.05) is 24.3 Å². The van der Waals surface area contributed by atoms with Crippen LogP contribution in [0.5, 0.6) is 0 Å². The van der Waals surface area contributed by atoms with E-state index in [0.717, 1.165) is 10.8 Å². The van der Waals surface area contributed by atoms with Crippen LogP contribution in [-0.4, -0.2) is 18.4 Å². The number of pyridine rings is 2. The summed E-state index contributed by atoms with van der Waals surface area (Å²) in [6, 6.07) is 15.9. The maximum Gasteiger partial charge on any atom is 0.262 e. The topological polar surface area (TPSA) is 72.0 Å². The predicted octanol–water partition coefficient (Wildman–Crippen LogP) is 3.58. The molecule has 6 heteroatoms. The number of sulfonamides is 1. The van der Waals surface area contributed by atoms with Crippen molar-refractivity contribution in [3.05, 3.63) is 73.2 Å². The Kier molecular flexibility index (Phi) is 3.39. The molecule has 0 atom stereocenters. The molecule has 24 heavy (non-hydrogen) atoms. The summed E-state index contributed by atoms with van der Waals surface area (Å²) < 4.78 is 28.5. The number of rotatable bonds is 3. The second-order valence-electron chi connectivity index (χ2n) is 5.34. The first-order valence-corrected chi connectivity index (χ1v) is 8.83. The fraction of sp³-hybridized carbons (Fsp3) is 0. The van der Waals surface area contributed by atoms with Gasteiger partial charge in [0.05, 0.1) is 16.1 Å². The lowest BCUT2D eigenvalue weighted by atomic mass is 10.2. The normalized spacial score (nSPS) is 11.7. The molecule has 0 amide bonds. The van der Waals surface area contributed by atoms with E-state index in [0.29, 0.717) is 16.6 Å². The van der Waals surface area contributed by atoms with Crippen LogP contribution in [0, 0.1) is 0 Å². The van der Waals surface area contributed by atoms with Crippen LogP contribution in [-0.2, 0) is 10.0 Å². The number of anilines is 1. The number of hydrogen-bond donors (Lipinski definition) is 1. The van der Waals surface area contributed by atoms with Crippen LogP contribution in [0.15, 0.2) is 78.1 Å². The molecular weight excluding hydrogens is 322 g/mol. The molecule has 4 aromatic rings. The largest absolute Gasteiger partial charge is 0.277 e. The Labute approximate surface area is 139 Å². The fourth-order valence-corrected chi connectivity index (χ4v) is 4.01. The lowest BCUT2D eigenvalue weighted by Crippen LogP contribution is -2.13. The number of aromatic nitrogens is 2. The highest BCUT2D eigenvalue weighted by Gasteiger charge is 2.18. The summed E-state index contributed by atoms with van der Waals surface area (Å²) in [5.74, 6) is 0. The van der Waals surface area contributed by atoms with Gasteiger partial charge in [-0.3, -0.25) is 14.7 Å². The molecule has 0 spiro atoms. The zero-order valence-corrected chi connectivity index (χ0v) is 13.4. The van der Waals surface area contributed by atoms with Gasteiger partial charge in [-0.25, -0.2) is 8.42 Å². The Balaban J connectivity index is 1.86. The standard InChI is InChI=1S/C18H13N3O2S/c22-24(23,17-8-2-5-14-12-19-11-9-15(14)17)21-16-7-1-4-13-6-3-10-20-18(13)16/h1-12,21H. The molecule has 2 aromatic carbocycles. The second-order valence-corrected chi connectivity index (χ2v) is 6.99. The van der Waals surface area contributed by atoms with Crippen molar-refractivity contribution in [2.24, 2.45) is 0 Å². The van der Waals surface area contributed by atoms with E-state index < -0.39 is 10.0 Å². The summed E-state index contributed by atoms with van der Waals surface area (Å²) in [6.07, 6.45) is 4.87. The number of fused-ring (bicyclic) bond motifs is 2. The third kappa shape index (κ3) is 2.47. The van der Waals surface area contributed by atoms with E-state index in [-0.39, 0.29) is 4.90 Å². The molecule has 4 rings (SSSR count). The molecule has 5 nitrogen and oxygen atoms in total. The lowest BCUT2D eigenvalue weighted by molar-refractivity contribution is 0.602. The Hall–Kier alpha value is -2.99. The van der Waals surface area contributed by atoms with Gasteiger partial charge in [-0.1, -0.05) is 30.3 Å². The van der Waals surface area contributed by atoms with Gasteiger partial charge < -0.3 is 0 Å². The molecule has 2 aromatic heterocycles. The Morgan fingerprint density at radius 2 is 1.62 bits per heavy atom. The van der Waals surface area contributed by atoms with E-state index in [4.69, 9.17) is 0 Å². The minimum Gasteiger partial charge on any atom is -0.277 e. The van der Waals surface area contributed by atoms with Crippen LogP contribution in [0.2, 0.25) is 0 Å². The molecule has 0 unspecified atom stereocenters. The van der Waals surface area contributed by atoms with Gasteiger partial charge in [-0.05, 0) is 24.3 Å². The van der Waals surface area contributed by atoms with Crippen molar-refractivity contribution in [3.8, 4) is 0 Å². The van der Waals surface area contributed by atoms with Crippen molar-refractivity contribution in [2.75, 3.05) is 4.72 Å². The number of hydrogen-bond acceptors (Lipinski definition) is 4. The summed E-state index contributed by atoms with van der Waals surface area (Å²) in [5.41, 5.74) is 1.07. The molecule has 0 aliphatic carbocycles. The molecule has 0 aliphatic heterocycles. The van der Waals surface area contributed by atoms with Gasteiger partial charge in [0, 0.05) is 34.7 Å². The predicted molar refractivity (Wildman–Crippen MR) is 94.3 cm³/mol. The minimum absolute atomic E-state index is 0.218. The second kappa shape index (κ2) is 5.58. The minimum atomic E-state index is -3.75. The maximum atomic E-state index is 12.9. The molecule has 2 heterocycles. The third-order valence-electron chi connectivity index (χ3n) is 3.81. The molecule has 0 aliphatic rings. The number of para-hydroxylation sites is 1. The van der Waals surface area contributed by atoms with E-state index in [1.165, 1.54) is 0 Å². The smallest absolute Gasteiger partial charge is 0.262 e. The zero-order chi connectivity index (χ0) is 16.6. The van der Waals surface area contributed by atoms with Gasteiger partial charge in [-0.15, -0.1) is 0 Å². The van der Waals surface area contributed by atoms with E-state index >= 15 is 0 Å². The van der Waals surface area contributed by atoms with Crippen LogP contribution in [0.1, 0.15) is 0 Å². The van der Waals surface area contributed by atoms with Crippen LogP contribution in [0.25, 0.3) is 21.7 Å². The Morgan fingerprint density at radius 3 is 2.54 bits per heavy atom. The summed E-state index contributed by atoms with van der Waals surface area (Å²) in [7, 11) is -3.75. The van der Waals surface area contributed by atoms with Crippen molar-refractivity contribution in [1.82, 2.24) is 9.97 Å². The average Bonchev–Trinajstić information content (AvgIpc) is 2.61. The highest BCUT2D eigenvalue weighted by Crippen LogP contribution is 2.27. The average molecular weight is 335 g/mol. The van der Waals surface area contributed by atoms with Gasteiger partial charge >= 0.3 is 0 Å². The SMILES string of the molecule is O=S(=O)(Nc1cccc2cccnc12)c1cccc2cnccc12. The highest BCUT2D eigenvalue weighted by molar-refractivity contribution is 7.93. The van der Waals surface area contributed by atoms with Gasteiger partial charge in [0.15, 0.2) is 0 Å². The quantitative estimate of drug-likeness (QED) is 0.621. The van der Waals surface area contributed by atoms with Gasteiger partial charge in [0.2, 0.25) is 0 Å². The number of benzene rings is 2. The lowest BCUT2D eigenvalue weighted by Gasteiger charge is -2.12. The Morgan fingerprint density at radius 1 is 0.833 bits per heavy atom. The van der Waals surface area contributed by atoms with Crippen LogP contribution in [0.3, 0.4) is 0 Å². The molecule has 0 saturated carbocycles. The van der Waals surface area contributed by atoms with Gasteiger partial charge in [0.1, 0.15) is 0 Å². The molecule has 0 fully saturated rings. The van der Waals surface area contributed by atoms with Crippen molar-refractivity contribution in [2.45, 2.75) is 4.90 Å². The Bertz CT molecular complexity index is 1150. The number of nitrogens with one attached hydrogen (secondary N) is 1. The molecule has 1 N–H and O–H groups in total. The molecule has 118 valence electrons. The third-order valence-corrected chi connectivity index (χ3v) is 5.23. The van der Waals surface area contributed by atoms with E-state index in [1.54, 1.807) is 48.9 Å². The van der Waals surface area contributed by atoms with Crippen molar-refractivity contribution < 1.29 is 8.42 Å². The molecule has 0 radical (unpaired) electrons. The maximum absolute atomic E-state index is 12.9. The monoisotopic (exact) mass is 335 g/mol. The summed E-state index contributed by atoms with van der Waals surface area (Å²) >= 11 is 0. The summed E-state index contributed by atoms with van der Waals surface area (Å²) in [4.78, 5) is 8.54. The number of nitrogens with zero attached hydrogens (tertiary/aromatic N) is 2. The van der Waals surface area contributed by atoms with Gasteiger partial charge in [0.25, 0.3) is 10.0 Å². The van der Waals surface area contributed by atoms with E-state index in [2.05, 4.69) is 14.7 Å². The van der Waals surface area contributed by atoms with Crippen molar-refractivity contribution in [1.29, 1.82) is 0 Å². The molecule has 0 bridgehead atoms. The fourth-order valence-electron chi connectivity index (χ4n) is 2.71. The highest BCUT2D eigenvalue weighted by atomic mass is 32.2. The van der Waals surface area contributed by atoms with Crippen LogP contribution < -0.4 is 4.72 Å². The summed E-state index contributed by atoms with van der Waals surface area (Å²) in [5, 5.41) is 2.28. The van der Waals surface area contributed by atoms with Crippen LogP contribution in [0.4, 0.5) is 5.69 Å². The van der Waals surface area contributed by atoms with Crippen molar-refractivity contribution in [3.63, 3.8) is 0 Å². The summed E-state index contributed by atoms with van der Waals surface area (Å²) in [6.45, 7) is 0.